The molecule has 1 saturated heterocycles. The van der Waals surface area contributed by atoms with E-state index in [2.05, 4.69) is 4.18 Å². The largest absolute Gasteiger partial charge is 0.465 e. The molecule has 94 valence electrons. The molecule has 1 N–H and O–H groups in total. The average Bonchev–Trinajstić information content (AvgIpc) is 2.38. The van der Waals surface area contributed by atoms with Crippen LogP contribution in [0.2, 0.25) is 0 Å². The van der Waals surface area contributed by atoms with Crippen LogP contribution in [0.25, 0.3) is 0 Å². The lowest BCUT2D eigenvalue weighted by atomic mass is 10.3. The quantitative estimate of drug-likeness (QED) is 0.696. The monoisotopic (exact) mass is 253 g/mol. The Morgan fingerprint density at radius 3 is 2.88 bits per heavy atom. The Hall–Kier alpha value is -0.860. The van der Waals surface area contributed by atoms with E-state index < -0.39 is 22.3 Å². The zero-order chi connectivity index (χ0) is 12.2. The molecule has 0 spiro atoms. The maximum absolute atomic E-state index is 10.8. The van der Waals surface area contributed by atoms with Gasteiger partial charge in [0.2, 0.25) is 0 Å². The average molecular weight is 253 g/mol. The van der Waals surface area contributed by atoms with Crippen LogP contribution in [0.3, 0.4) is 0 Å². The highest BCUT2D eigenvalue weighted by Gasteiger charge is 2.23. The van der Waals surface area contributed by atoms with Crippen molar-refractivity contribution in [2.45, 2.75) is 12.5 Å². The molecule has 0 aromatic heterocycles. The molecule has 8 heteroatoms. The Labute approximate surface area is 94.1 Å². The van der Waals surface area contributed by atoms with Crippen LogP contribution in [0.5, 0.6) is 0 Å². The van der Waals surface area contributed by atoms with Gasteiger partial charge in [0.25, 0.3) is 10.1 Å². The first-order valence-corrected chi connectivity index (χ1v) is 6.64. The number of hydrogen-bond donors (Lipinski definition) is 1. The second-order valence-electron chi connectivity index (χ2n) is 3.56. The van der Waals surface area contributed by atoms with E-state index in [9.17, 15) is 13.2 Å². The Morgan fingerprint density at radius 1 is 1.62 bits per heavy atom. The molecule has 0 saturated carbocycles. The molecule has 1 heterocycles. The molecule has 1 atom stereocenters. The van der Waals surface area contributed by atoms with Crippen LogP contribution in [0, 0.1) is 0 Å². The van der Waals surface area contributed by atoms with Gasteiger partial charge < -0.3 is 14.7 Å². The molecule has 1 amide bonds. The van der Waals surface area contributed by atoms with Gasteiger partial charge in [0.05, 0.1) is 25.5 Å². The summed E-state index contributed by atoms with van der Waals surface area (Å²) in [6, 6.07) is 0. The van der Waals surface area contributed by atoms with Gasteiger partial charge in [-0.15, -0.1) is 0 Å². The van der Waals surface area contributed by atoms with Crippen molar-refractivity contribution in [3.05, 3.63) is 0 Å². The summed E-state index contributed by atoms with van der Waals surface area (Å²) in [5, 5.41) is 8.82. The van der Waals surface area contributed by atoms with Crippen LogP contribution in [0.15, 0.2) is 0 Å². The van der Waals surface area contributed by atoms with Crippen molar-refractivity contribution in [2.75, 3.05) is 32.6 Å². The second-order valence-corrected chi connectivity index (χ2v) is 5.21. The molecular formula is C8H15NO6S. The number of nitrogens with zero attached hydrogens (tertiary/aromatic N) is 1. The van der Waals surface area contributed by atoms with E-state index >= 15 is 0 Å². The van der Waals surface area contributed by atoms with E-state index in [1.54, 1.807) is 0 Å². The van der Waals surface area contributed by atoms with Crippen molar-refractivity contribution in [1.82, 2.24) is 4.90 Å². The molecule has 1 aliphatic heterocycles. The maximum Gasteiger partial charge on any atom is 0.407 e. The third kappa shape index (κ3) is 4.77. The lowest BCUT2D eigenvalue weighted by molar-refractivity contribution is 0.0236. The van der Waals surface area contributed by atoms with Gasteiger partial charge in [-0.25, -0.2) is 4.79 Å². The Morgan fingerprint density at radius 2 is 2.31 bits per heavy atom. The molecule has 1 rings (SSSR count). The molecular weight excluding hydrogens is 238 g/mol. The molecule has 7 nitrogen and oxygen atoms in total. The zero-order valence-electron chi connectivity index (χ0n) is 8.96. The van der Waals surface area contributed by atoms with Crippen molar-refractivity contribution in [3.63, 3.8) is 0 Å². The third-order valence-electron chi connectivity index (χ3n) is 2.09. The molecule has 1 fully saturated rings. The van der Waals surface area contributed by atoms with Crippen molar-refractivity contribution in [1.29, 1.82) is 0 Å². The van der Waals surface area contributed by atoms with Crippen molar-refractivity contribution in [2.24, 2.45) is 0 Å². The predicted molar refractivity (Wildman–Crippen MR) is 54.8 cm³/mol. The Bertz CT molecular complexity index is 340. The second kappa shape index (κ2) is 5.46. The standard InChI is InChI=1S/C8H15NO6S/c1-16(12,13)15-6-7-5-9(8(10)11)3-2-4-14-7/h7H,2-6H2,1H3,(H,10,11). The predicted octanol–water partition coefficient (Wildman–Crippen LogP) is -0.269. The van der Waals surface area contributed by atoms with Gasteiger partial charge in [-0.05, 0) is 6.42 Å². The van der Waals surface area contributed by atoms with E-state index in [4.69, 9.17) is 9.84 Å². The fraction of sp³-hybridized carbons (Fsp3) is 0.875. The van der Waals surface area contributed by atoms with Gasteiger partial charge in [-0.1, -0.05) is 0 Å². The third-order valence-corrected chi connectivity index (χ3v) is 2.65. The number of carboxylic acid groups (broad SMARTS) is 1. The number of carbonyl (C=O) groups is 1. The van der Waals surface area contributed by atoms with Crippen LogP contribution in [-0.4, -0.2) is 63.2 Å². The molecule has 16 heavy (non-hydrogen) atoms. The summed E-state index contributed by atoms with van der Waals surface area (Å²) < 4.78 is 31.4. The van der Waals surface area contributed by atoms with Gasteiger partial charge in [-0.2, -0.15) is 8.42 Å². The number of rotatable bonds is 3. The van der Waals surface area contributed by atoms with Gasteiger partial charge in [0.1, 0.15) is 0 Å². The molecule has 1 aliphatic rings. The van der Waals surface area contributed by atoms with Crippen molar-refractivity contribution in [3.8, 4) is 0 Å². The van der Waals surface area contributed by atoms with E-state index in [1.807, 2.05) is 0 Å². The van der Waals surface area contributed by atoms with Crippen LogP contribution < -0.4 is 0 Å². The molecule has 0 radical (unpaired) electrons. The highest BCUT2D eigenvalue weighted by molar-refractivity contribution is 7.85. The van der Waals surface area contributed by atoms with Gasteiger partial charge in [-0.3, -0.25) is 4.18 Å². The van der Waals surface area contributed by atoms with Gasteiger partial charge >= 0.3 is 6.09 Å². The zero-order valence-corrected chi connectivity index (χ0v) is 9.77. The normalized spacial score (nSPS) is 22.8. The summed E-state index contributed by atoms with van der Waals surface area (Å²) in [6.45, 7) is 0.778. The lowest BCUT2D eigenvalue weighted by Gasteiger charge is -2.20. The first-order valence-electron chi connectivity index (χ1n) is 4.82. The summed E-state index contributed by atoms with van der Waals surface area (Å²) in [5.41, 5.74) is 0. The van der Waals surface area contributed by atoms with Crippen molar-refractivity contribution >= 4 is 16.2 Å². The number of ether oxygens (including phenoxy) is 1. The molecule has 0 aromatic rings. The number of hydrogen-bond acceptors (Lipinski definition) is 5. The molecule has 0 aromatic carbocycles. The van der Waals surface area contributed by atoms with Crippen molar-refractivity contribution < 1.29 is 27.2 Å². The molecule has 0 bridgehead atoms. The smallest absolute Gasteiger partial charge is 0.407 e. The minimum atomic E-state index is -3.52. The summed E-state index contributed by atoms with van der Waals surface area (Å²) in [4.78, 5) is 12.0. The van der Waals surface area contributed by atoms with Crippen LogP contribution in [0.4, 0.5) is 4.79 Å². The van der Waals surface area contributed by atoms with Crippen LogP contribution in [0.1, 0.15) is 6.42 Å². The fourth-order valence-electron chi connectivity index (χ4n) is 1.37. The van der Waals surface area contributed by atoms with Crippen LogP contribution >= 0.6 is 0 Å². The summed E-state index contributed by atoms with van der Waals surface area (Å²) in [5.74, 6) is 0. The van der Waals surface area contributed by atoms with E-state index in [1.165, 1.54) is 4.90 Å². The fourth-order valence-corrected chi connectivity index (χ4v) is 1.77. The summed E-state index contributed by atoms with van der Waals surface area (Å²) in [6.07, 6.45) is -0.0245. The summed E-state index contributed by atoms with van der Waals surface area (Å²) in [7, 11) is -3.52. The van der Waals surface area contributed by atoms with Crippen LogP contribution in [-0.2, 0) is 19.0 Å². The SMILES string of the molecule is CS(=O)(=O)OCC1CN(C(=O)O)CCCO1. The van der Waals surface area contributed by atoms with Gasteiger partial charge in [0.15, 0.2) is 0 Å². The topological polar surface area (TPSA) is 93.1 Å². The van der Waals surface area contributed by atoms with E-state index in [0.29, 0.717) is 19.6 Å². The first-order chi connectivity index (χ1) is 7.38. The highest BCUT2D eigenvalue weighted by Crippen LogP contribution is 2.07. The minimum absolute atomic E-state index is 0.130. The number of amides is 1. The Balaban J connectivity index is 2.49. The first kappa shape index (κ1) is 13.2. The maximum atomic E-state index is 10.8. The Kier molecular flexibility index (Phi) is 4.51. The van der Waals surface area contributed by atoms with E-state index in [0.717, 1.165) is 6.26 Å². The highest BCUT2D eigenvalue weighted by atomic mass is 32.2. The summed E-state index contributed by atoms with van der Waals surface area (Å²) >= 11 is 0. The molecule has 0 aliphatic carbocycles. The van der Waals surface area contributed by atoms with Gasteiger partial charge in [0, 0.05) is 13.2 Å². The minimum Gasteiger partial charge on any atom is -0.465 e. The lowest BCUT2D eigenvalue weighted by Crippen LogP contribution is -2.38. The van der Waals surface area contributed by atoms with E-state index in [-0.39, 0.29) is 13.2 Å². The molecule has 1 unspecified atom stereocenters.